The van der Waals surface area contributed by atoms with E-state index in [1.165, 1.54) is 107 Å². The predicted octanol–water partition coefficient (Wildman–Crippen LogP) is 9.38. The molecule has 0 heteroatoms. The van der Waals surface area contributed by atoms with Crippen LogP contribution in [0.2, 0.25) is 0 Å². The van der Waals surface area contributed by atoms with Gasteiger partial charge in [-0.15, -0.1) is 0 Å². The van der Waals surface area contributed by atoms with Gasteiger partial charge in [0.05, 0.1) is 0 Å². The first-order valence-corrected chi connectivity index (χ1v) is 12.5. The van der Waals surface area contributed by atoms with E-state index in [9.17, 15) is 0 Å². The van der Waals surface area contributed by atoms with Crippen molar-refractivity contribution in [2.24, 2.45) is 11.8 Å². The lowest BCUT2D eigenvalue weighted by molar-refractivity contribution is 0.381. The molecular formula is C28H46. The maximum Gasteiger partial charge on any atom is -0.0225 e. The van der Waals surface area contributed by atoms with E-state index in [4.69, 9.17) is 0 Å². The third-order valence-corrected chi connectivity index (χ3v) is 6.95. The molecule has 28 heavy (non-hydrogen) atoms. The first kappa shape index (κ1) is 23.2. The topological polar surface area (TPSA) is 0 Å². The molecular weight excluding hydrogens is 336 g/mol. The molecule has 0 amide bonds. The minimum atomic E-state index is 0.987. The third kappa shape index (κ3) is 8.54. The van der Waals surface area contributed by atoms with Gasteiger partial charge in [0, 0.05) is 0 Å². The summed E-state index contributed by atoms with van der Waals surface area (Å²) in [4.78, 5) is 0. The summed E-state index contributed by atoms with van der Waals surface area (Å²) >= 11 is 0. The van der Waals surface area contributed by atoms with Gasteiger partial charge in [0.2, 0.25) is 0 Å². The van der Waals surface area contributed by atoms with E-state index in [1.807, 2.05) is 0 Å². The van der Waals surface area contributed by atoms with Crippen LogP contribution in [0, 0.1) is 11.8 Å². The van der Waals surface area contributed by atoms with Gasteiger partial charge in [0.1, 0.15) is 0 Å². The second-order valence-corrected chi connectivity index (χ2v) is 9.33. The van der Waals surface area contributed by atoms with Crippen LogP contribution in [0.15, 0.2) is 29.8 Å². The van der Waals surface area contributed by atoms with E-state index in [0.717, 1.165) is 11.8 Å². The monoisotopic (exact) mass is 382 g/mol. The molecule has 2 aliphatic rings. The number of allylic oxidation sites excluding steroid dienone is 1. The minimum Gasteiger partial charge on any atom is -0.0693 e. The normalized spacial score (nSPS) is 20.9. The molecule has 0 saturated heterocycles. The number of aryl methyl sites for hydroxylation is 1. The lowest BCUT2D eigenvalue weighted by Crippen LogP contribution is -2.04. The summed E-state index contributed by atoms with van der Waals surface area (Å²) in [5.74, 6) is 2.01. The summed E-state index contributed by atoms with van der Waals surface area (Å²) in [6.07, 6.45) is 23.6. The number of benzene rings is 1. The molecule has 0 nitrogen and oxygen atoms in total. The van der Waals surface area contributed by atoms with Crippen molar-refractivity contribution in [3.8, 4) is 0 Å². The predicted molar refractivity (Wildman–Crippen MR) is 127 cm³/mol. The zero-order chi connectivity index (χ0) is 20.0. The Balaban J connectivity index is 0.000000266. The fourth-order valence-electron chi connectivity index (χ4n) is 4.96. The van der Waals surface area contributed by atoms with Gasteiger partial charge in [-0.05, 0) is 55.1 Å². The van der Waals surface area contributed by atoms with Crippen LogP contribution in [-0.2, 0) is 6.42 Å². The largest absolute Gasteiger partial charge is 0.0693 e. The van der Waals surface area contributed by atoms with Gasteiger partial charge < -0.3 is 0 Å². The highest BCUT2D eigenvalue weighted by molar-refractivity contribution is 5.59. The highest BCUT2D eigenvalue weighted by atomic mass is 14.3. The molecule has 158 valence electrons. The van der Waals surface area contributed by atoms with Crippen molar-refractivity contribution in [3.05, 3.63) is 41.0 Å². The number of unbranched alkanes of at least 4 members (excludes halogenated alkanes) is 6. The van der Waals surface area contributed by atoms with Crippen molar-refractivity contribution in [1.82, 2.24) is 0 Å². The van der Waals surface area contributed by atoms with Crippen molar-refractivity contribution >= 4 is 6.08 Å². The van der Waals surface area contributed by atoms with Gasteiger partial charge in [0.15, 0.2) is 0 Å². The summed E-state index contributed by atoms with van der Waals surface area (Å²) in [5, 5.41) is 0. The molecule has 1 aromatic rings. The Bertz CT molecular complexity index is 547. The van der Waals surface area contributed by atoms with Crippen LogP contribution >= 0.6 is 0 Å². The Kier molecular flexibility index (Phi) is 11.6. The van der Waals surface area contributed by atoms with Crippen LogP contribution in [0.4, 0.5) is 0 Å². The molecule has 0 spiro atoms. The fraction of sp³-hybridized carbons (Fsp3) is 0.714. The molecule has 1 unspecified atom stereocenters. The number of hydrogen-bond acceptors (Lipinski definition) is 0. The van der Waals surface area contributed by atoms with Crippen molar-refractivity contribution in [2.75, 3.05) is 0 Å². The molecule has 1 fully saturated rings. The Hall–Kier alpha value is -1.04. The highest BCUT2D eigenvalue weighted by Gasteiger charge is 2.22. The van der Waals surface area contributed by atoms with E-state index in [2.05, 4.69) is 51.1 Å². The SMILES string of the molecule is CC1CCC[C@H]1CCCC1=Cc2ccccc2CC1.CCCCCCCCC. The lowest BCUT2D eigenvalue weighted by Gasteiger charge is -2.18. The molecule has 2 aliphatic carbocycles. The third-order valence-electron chi connectivity index (χ3n) is 6.95. The van der Waals surface area contributed by atoms with E-state index in [1.54, 1.807) is 5.57 Å². The van der Waals surface area contributed by atoms with Gasteiger partial charge in [-0.1, -0.05) is 121 Å². The standard InChI is InChI=1S/C19H26.C9H20/c1-15-6-4-10-17(15)11-5-7-16-12-13-18-8-2-3-9-19(18)14-16;1-3-5-7-9-8-6-4-2/h2-3,8-9,14-15,17H,4-7,10-13H2,1H3;3-9H2,1-2H3/t15?,17-;/m0./s1. The maximum absolute atomic E-state index is 2.46. The maximum atomic E-state index is 2.46. The average Bonchev–Trinajstić information content (AvgIpc) is 3.13. The average molecular weight is 383 g/mol. The van der Waals surface area contributed by atoms with E-state index >= 15 is 0 Å². The lowest BCUT2D eigenvalue weighted by atomic mass is 9.87. The zero-order valence-corrected chi connectivity index (χ0v) is 19.1. The van der Waals surface area contributed by atoms with Gasteiger partial charge in [0.25, 0.3) is 0 Å². The Morgan fingerprint density at radius 3 is 2.21 bits per heavy atom. The number of hydrogen-bond donors (Lipinski definition) is 0. The Morgan fingerprint density at radius 1 is 0.821 bits per heavy atom. The Labute approximate surface area is 176 Å². The van der Waals surface area contributed by atoms with Crippen molar-refractivity contribution < 1.29 is 0 Å². The van der Waals surface area contributed by atoms with Crippen LogP contribution in [0.3, 0.4) is 0 Å². The molecule has 0 N–H and O–H groups in total. The summed E-state index contributed by atoms with van der Waals surface area (Å²) in [6.45, 7) is 6.98. The molecule has 0 aliphatic heterocycles. The molecule has 3 rings (SSSR count). The first-order chi connectivity index (χ1) is 13.7. The van der Waals surface area contributed by atoms with E-state index in [0.29, 0.717) is 0 Å². The fourth-order valence-corrected chi connectivity index (χ4v) is 4.96. The molecule has 0 radical (unpaired) electrons. The number of rotatable bonds is 10. The smallest absolute Gasteiger partial charge is 0.0225 e. The van der Waals surface area contributed by atoms with E-state index < -0.39 is 0 Å². The van der Waals surface area contributed by atoms with Crippen LogP contribution in [0.1, 0.15) is 122 Å². The molecule has 0 bridgehead atoms. The summed E-state index contributed by atoms with van der Waals surface area (Å²) in [6, 6.07) is 8.88. The summed E-state index contributed by atoms with van der Waals surface area (Å²) in [5.41, 5.74) is 4.69. The van der Waals surface area contributed by atoms with Gasteiger partial charge in [-0.2, -0.15) is 0 Å². The van der Waals surface area contributed by atoms with Crippen LogP contribution in [-0.4, -0.2) is 0 Å². The summed E-state index contributed by atoms with van der Waals surface area (Å²) < 4.78 is 0. The Morgan fingerprint density at radius 2 is 1.54 bits per heavy atom. The van der Waals surface area contributed by atoms with Crippen LogP contribution < -0.4 is 0 Å². The zero-order valence-electron chi connectivity index (χ0n) is 19.1. The van der Waals surface area contributed by atoms with Crippen molar-refractivity contribution in [1.29, 1.82) is 0 Å². The molecule has 2 atom stereocenters. The van der Waals surface area contributed by atoms with Crippen LogP contribution in [0.5, 0.6) is 0 Å². The quantitative estimate of drug-likeness (QED) is 0.353. The molecule has 1 saturated carbocycles. The van der Waals surface area contributed by atoms with Crippen molar-refractivity contribution in [3.63, 3.8) is 0 Å². The minimum absolute atomic E-state index is 0.987. The molecule has 0 aromatic heterocycles. The first-order valence-electron chi connectivity index (χ1n) is 12.5. The van der Waals surface area contributed by atoms with Gasteiger partial charge in [-0.25, -0.2) is 0 Å². The molecule has 1 aromatic carbocycles. The second kappa shape index (κ2) is 14.0. The second-order valence-electron chi connectivity index (χ2n) is 9.33. The highest BCUT2D eigenvalue weighted by Crippen LogP contribution is 2.35. The molecule has 0 heterocycles. The van der Waals surface area contributed by atoms with Crippen molar-refractivity contribution in [2.45, 2.75) is 117 Å². The van der Waals surface area contributed by atoms with Crippen LogP contribution in [0.25, 0.3) is 6.08 Å². The van der Waals surface area contributed by atoms with E-state index in [-0.39, 0.29) is 0 Å². The van der Waals surface area contributed by atoms with Gasteiger partial charge >= 0.3 is 0 Å². The summed E-state index contributed by atoms with van der Waals surface area (Å²) in [7, 11) is 0. The number of fused-ring (bicyclic) bond motifs is 1. The van der Waals surface area contributed by atoms with Gasteiger partial charge in [-0.3, -0.25) is 0 Å².